The van der Waals surface area contributed by atoms with Gasteiger partial charge in [0, 0.05) is 12.6 Å². The highest BCUT2D eigenvalue weighted by Crippen LogP contribution is 2.28. The maximum absolute atomic E-state index is 11.3. The van der Waals surface area contributed by atoms with Gasteiger partial charge >= 0.3 is 0 Å². The number of non-ortho nitro benzene ring substituents is 1. The molecular formula is C8H11N3O5S. The maximum atomic E-state index is 11.3. The van der Waals surface area contributed by atoms with Gasteiger partial charge in [-0.25, -0.2) is 0 Å². The molecule has 0 fully saturated rings. The summed E-state index contributed by atoms with van der Waals surface area (Å²) < 4.78 is 26.8. The standard InChI is InChI=1S/C8H11N3O5S/c1-2-9-17(15,16)10-7-4-3-6(11(13)14)5-8(7)12/h3-5,9-10,12H,2H2,1H3. The number of rotatable bonds is 5. The van der Waals surface area contributed by atoms with Crippen LogP contribution in [0.4, 0.5) is 11.4 Å². The van der Waals surface area contributed by atoms with Crippen molar-refractivity contribution in [3.63, 3.8) is 0 Å². The van der Waals surface area contributed by atoms with Gasteiger partial charge in [-0.2, -0.15) is 13.1 Å². The minimum Gasteiger partial charge on any atom is -0.505 e. The van der Waals surface area contributed by atoms with E-state index >= 15 is 0 Å². The van der Waals surface area contributed by atoms with Gasteiger partial charge in [0.1, 0.15) is 5.75 Å². The van der Waals surface area contributed by atoms with Crippen molar-refractivity contribution in [3.8, 4) is 5.75 Å². The minimum absolute atomic E-state index is 0.128. The zero-order valence-corrected chi connectivity index (χ0v) is 9.69. The van der Waals surface area contributed by atoms with Crippen molar-refractivity contribution >= 4 is 21.6 Å². The predicted molar refractivity (Wildman–Crippen MR) is 61.0 cm³/mol. The number of aromatic hydroxyl groups is 1. The number of phenolic OH excluding ortho intramolecular Hbond substituents is 1. The van der Waals surface area contributed by atoms with E-state index in [1.54, 1.807) is 6.92 Å². The van der Waals surface area contributed by atoms with Crippen molar-refractivity contribution in [2.45, 2.75) is 6.92 Å². The average molecular weight is 261 g/mol. The molecule has 8 nitrogen and oxygen atoms in total. The molecule has 3 N–H and O–H groups in total. The van der Waals surface area contributed by atoms with Crippen LogP contribution < -0.4 is 9.44 Å². The van der Waals surface area contributed by atoms with Crippen LogP contribution in [0.2, 0.25) is 0 Å². The number of nitrogens with zero attached hydrogens (tertiary/aromatic N) is 1. The lowest BCUT2D eigenvalue weighted by Crippen LogP contribution is -2.29. The molecule has 0 saturated carbocycles. The van der Waals surface area contributed by atoms with Crippen LogP contribution in [-0.4, -0.2) is 25.0 Å². The first-order valence-corrected chi connectivity index (χ1v) is 6.09. The quantitative estimate of drug-likeness (QED) is 0.406. The second kappa shape index (κ2) is 4.97. The monoisotopic (exact) mass is 261 g/mol. The molecule has 0 aromatic heterocycles. The number of phenols is 1. The van der Waals surface area contributed by atoms with E-state index in [0.29, 0.717) is 0 Å². The summed E-state index contributed by atoms with van der Waals surface area (Å²) in [5.41, 5.74) is -0.453. The molecule has 1 aromatic carbocycles. The van der Waals surface area contributed by atoms with Gasteiger partial charge in [-0.1, -0.05) is 6.92 Å². The van der Waals surface area contributed by atoms with E-state index in [4.69, 9.17) is 0 Å². The predicted octanol–water partition coefficient (Wildman–Crippen LogP) is 0.567. The third kappa shape index (κ3) is 3.57. The lowest BCUT2D eigenvalue weighted by atomic mass is 10.3. The highest BCUT2D eigenvalue weighted by atomic mass is 32.2. The van der Waals surface area contributed by atoms with Gasteiger partial charge < -0.3 is 5.11 Å². The molecule has 0 aliphatic rings. The summed E-state index contributed by atoms with van der Waals surface area (Å²) in [6, 6.07) is 3.07. The number of nitrogens with one attached hydrogen (secondary N) is 2. The van der Waals surface area contributed by atoms with Crippen LogP contribution in [0.5, 0.6) is 5.75 Å². The lowest BCUT2D eigenvalue weighted by molar-refractivity contribution is -0.384. The SMILES string of the molecule is CCNS(=O)(=O)Nc1ccc([N+](=O)[O-])cc1O. The molecule has 17 heavy (non-hydrogen) atoms. The van der Waals surface area contributed by atoms with Crippen molar-refractivity contribution in [2.24, 2.45) is 0 Å². The molecule has 9 heteroatoms. The van der Waals surface area contributed by atoms with E-state index in [0.717, 1.165) is 18.2 Å². The van der Waals surface area contributed by atoms with Gasteiger partial charge in [-0.15, -0.1) is 0 Å². The second-order valence-corrected chi connectivity index (χ2v) is 4.56. The molecular weight excluding hydrogens is 250 g/mol. The second-order valence-electron chi connectivity index (χ2n) is 3.06. The molecule has 0 atom stereocenters. The van der Waals surface area contributed by atoms with Crippen LogP contribution in [0.15, 0.2) is 18.2 Å². The first-order chi connectivity index (χ1) is 7.85. The van der Waals surface area contributed by atoms with E-state index in [1.807, 2.05) is 4.72 Å². The molecule has 0 unspecified atom stereocenters. The molecule has 0 aliphatic carbocycles. The number of nitro groups is 1. The Morgan fingerprint density at radius 1 is 1.47 bits per heavy atom. The van der Waals surface area contributed by atoms with Gasteiger partial charge in [0.25, 0.3) is 15.9 Å². The van der Waals surface area contributed by atoms with E-state index in [-0.39, 0.29) is 17.9 Å². The number of nitro benzene ring substituents is 1. The Bertz CT molecular complexity index is 528. The Morgan fingerprint density at radius 3 is 2.59 bits per heavy atom. The highest BCUT2D eigenvalue weighted by Gasteiger charge is 2.14. The number of anilines is 1. The molecule has 0 heterocycles. The zero-order chi connectivity index (χ0) is 13.1. The maximum Gasteiger partial charge on any atom is 0.299 e. The topological polar surface area (TPSA) is 122 Å². The molecule has 1 aromatic rings. The van der Waals surface area contributed by atoms with Crippen molar-refractivity contribution < 1.29 is 18.4 Å². The van der Waals surface area contributed by atoms with Crippen LogP contribution in [0, 0.1) is 10.1 Å². The molecule has 0 radical (unpaired) electrons. The van der Waals surface area contributed by atoms with Crippen LogP contribution in [0.3, 0.4) is 0 Å². The largest absolute Gasteiger partial charge is 0.505 e. The van der Waals surface area contributed by atoms with E-state index in [2.05, 4.69) is 4.72 Å². The summed E-state index contributed by atoms with van der Waals surface area (Å²) in [6.45, 7) is 1.78. The average Bonchev–Trinajstić information content (AvgIpc) is 2.20. The van der Waals surface area contributed by atoms with E-state index in [9.17, 15) is 23.6 Å². The van der Waals surface area contributed by atoms with Crippen molar-refractivity contribution in [3.05, 3.63) is 28.3 Å². The summed E-state index contributed by atoms with van der Waals surface area (Å²) in [5.74, 6) is -0.513. The molecule has 0 spiro atoms. The Kier molecular flexibility index (Phi) is 3.86. The van der Waals surface area contributed by atoms with E-state index < -0.39 is 20.9 Å². The fraction of sp³-hybridized carbons (Fsp3) is 0.250. The highest BCUT2D eigenvalue weighted by molar-refractivity contribution is 7.90. The summed E-state index contributed by atoms with van der Waals surface area (Å²) in [4.78, 5) is 9.70. The van der Waals surface area contributed by atoms with E-state index in [1.165, 1.54) is 0 Å². The Morgan fingerprint density at radius 2 is 2.12 bits per heavy atom. The Labute approximate surface area is 97.6 Å². The molecule has 1 rings (SSSR count). The summed E-state index contributed by atoms with van der Waals surface area (Å²) in [5, 5.41) is 19.8. The van der Waals surface area contributed by atoms with Crippen molar-refractivity contribution in [1.29, 1.82) is 0 Å². The first kappa shape index (κ1) is 13.2. The van der Waals surface area contributed by atoms with Gasteiger partial charge in [-0.3, -0.25) is 14.8 Å². The molecule has 0 saturated heterocycles. The van der Waals surface area contributed by atoms with Crippen molar-refractivity contribution in [2.75, 3.05) is 11.3 Å². The Balaban J connectivity index is 2.98. The van der Waals surface area contributed by atoms with Crippen LogP contribution in [0.25, 0.3) is 0 Å². The van der Waals surface area contributed by atoms with Gasteiger partial charge in [0.05, 0.1) is 16.7 Å². The number of benzene rings is 1. The summed E-state index contributed by atoms with van der Waals surface area (Å²) >= 11 is 0. The third-order valence-corrected chi connectivity index (χ3v) is 2.93. The normalized spacial score (nSPS) is 11.1. The third-order valence-electron chi connectivity index (χ3n) is 1.77. The number of hydrogen-bond donors (Lipinski definition) is 3. The summed E-state index contributed by atoms with van der Waals surface area (Å²) in [6.07, 6.45) is 0. The minimum atomic E-state index is -3.77. The Hall–Kier alpha value is -1.87. The van der Waals surface area contributed by atoms with Crippen LogP contribution >= 0.6 is 0 Å². The van der Waals surface area contributed by atoms with Gasteiger partial charge in [0.2, 0.25) is 0 Å². The number of hydrogen-bond acceptors (Lipinski definition) is 5. The summed E-state index contributed by atoms with van der Waals surface area (Å²) in [7, 11) is -3.77. The molecule has 0 aliphatic heterocycles. The first-order valence-electron chi connectivity index (χ1n) is 4.60. The lowest BCUT2D eigenvalue weighted by Gasteiger charge is -2.08. The van der Waals surface area contributed by atoms with Crippen LogP contribution in [-0.2, 0) is 10.2 Å². The fourth-order valence-corrected chi connectivity index (χ4v) is 2.01. The van der Waals surface area contributed by atoms with Gasteiger partial charge in [-0.05, 0) is 6.07 Å². The van der Waals surface area contributed by atoms with Crippen molar-refractivity contribution in [1.82, 2.24) is 4.72 Å². The molecule has 0 bridgehead atoms. The zero-order valence-electron chi connectivity index (χ0n) is 8.87. The van der Waals surface area contributed by atoms with Gasteiger partial charge in [0.15, 0.2) is 0 Å². The molecule has 94 valence electrons. The van der Waals surface area contributed by atoms with Crippen LogP contribution in [0.1, 0.15) is 6.92 Å². The smallest absolute Gasteiger partial charge is 0.299 e. The fourth-order valence-electron chi connectivity index (χ4n) is 1.09. The molecule has 0 amide bonds.